The molecule has 0 saturated carbocycles. The number of aromatic hydroxyl groups is 1. The zero-order chi connectivity index (χ0) is 25.8. The number of methoxy groups -OCH3 is 2. The van der Waals surface area contributed by atoms with Crippen molar-refractivity contribution in [1.29, 1.82) is 0 Å². The van der Waals surface area contributed by atoms with Gasteiger partial charge in [0.1, 0.15) is 22.9 Å². The van der Waals surface area contributed by atoms with E-state index in [4.69, 9.17) is 13.9 Å². The Morgan fingerprint density at radius 2 is 1.81 bits per heavy atom. The molecule has 1 N–H and O–H groups in total. The highest BCUT2D eigenvalue weighted by Gasteiger charge is 2.27. The lowest BCUT2D eigenvalue weighted by Gasteiger charge is -2.22. The van der Waals surface area contributed by atoms with Gasteiger partial charge in [-0.2, -0.15) is 9.78 Å². The van der Waals surface area contributed by atoms with Gasteiger partial charge in [-0.15, -0.1) is 0 Å². The zero-order valence-corrected chi connectivity index (χ0v) is 21.6. The number of nitrogens with zero attached hydrogens (tertiary/aromatic N) is 3. The van der Waals surface area contributed by atoms with Gasteiger partial charge in [0, 0.05) is 34.6 Å². The van der Waals surface area contributed by atoms with Crippen LogP contribution >= 0.6 is 0 Å². The van der Waals surface area contributed by atoms with Gasteiger partial charge in [0.15, 0.2) is 11.5 Å². The number of furan rings is 1. The number of aromatic nitrogens is 2. The molecule has 1 aliphatic carbocycles. The second-order valence-electron chi connectivity index (χ2n) is 10.3. The van der Waals surface area contributed by atoms with Gasteiger partial charge >= 0.3 is 0 Å². The Hall–Kier alpha value is -3.81. The van der Waals surface area contributed by atoms with Gasteiger partial charge in [0.2, 0.25) is 0 Å². The van der Waals surface area contributed by atoms with Crippen molar-refractivity contribution < 1.29 is 19.0 Å². The van der Waals surface area contributed by atoms with Gasteiger partial charge in [0.05, 0.1) is 31.3 Å². The van der Waals surface area contributed by atoms with E-state index in [1.54, 1.807) is 25.3 Å². The largest absolute Gasteiger partial charge is 0.507 e. The highest BCUT2D eigenvalue weighted by atomic mass is 16.5. The molecule has 4 aromatic rings. The molecular weight excluding hydrogens is 458 g/mol. The molecule has 0 aliphatic heterocycles. The zero-order valence-electron chi connectivity index (χ0n) is 21.6. The van der Waals surface area contributed by atoms with E-state index in [-0.39, 0.29) is 16.7 Å². The number of hydrogen-bond acceptors (Lipinski definition) is 7. The summed E-state index contributed by atoms with van der Waals surface area (Å²) in [4.78, 5) is 18.0. The molecule has 0 saturated heterocycles. The number of phenolic OH excluding ortho intramolecular Hbond substituents is 1. The molecule has 0 spiro atoms. The number of hydrogen-bond donors (Lipinski definition) is 1. The first-order valence-electron chi connectivity index (χ1n) is 12.1. The summed E-state index contributed by atoms with van der Waals surface area (Å²) >= 11 is 0. The van der Waals surface area contributed by atoms with Crippen molar-refractivity contribution in [3.05, 3.63) is 56.8 Å². The molecule has 8 nitrogen and oxygen atoms in total. The summed E-state index contributed by atoms with van der Waals surface area (Å²) in [6.07, 6.45) is 5.47. The molecule has 0 unspecified atom stereocenters. The van der Waals surface area contributed by atoms with E-state index in [0.717, 1.165) is 53.5 Å². The molecule has 0 bridgehead atoms. The minimum atomic E-state index is -0.341. The predicted octanol–water partition coefficient (Wildman–Crippen LogP) is 5.23. The molecule has 188 valence electrons. The van der Waals surface area contributed by atoms with Crippen LogP contribution in [0.5, 0.6) is 17.2 Å². The number of ether oxygens (including phenoxy) is 2. The number of aryl methyl sites for hydroxylation is 3. The Morgan fingerprint density at radius 3 is 2.50 bits per heavy atom. The maximum absolute atomic E-state index is 13.4. The summed E-state index contributed by atoms with van der Waals surface area (Å²) in [7, 11) is 3.05. The van der Waals surface area contributed by atoms with Crippen LogP contribution in [0, 0.1) is 6.92 Å². The van der Waals surface area contributed by atoms with E-state index < -0.39 is 0 Å². The van der Waals surface area contributed by atoms with Gasteiger partial charge < -0.3 is 19.0 Å². The Kier molecular flexibility index (Phi) is 5.77. The van der Waals surface area contributed by atoms with E-state index in [9.17, 15) is 9.90 Å². The first-order valence-corrected chi connectivity index (χ1v) is 12.1. The van der Waals surface area contributed by atoms with Crippen LogP contribution in [0.3, 0.4) is 0 Å². The van der Waals surface area contributed by atoms with Gasteiger partial charge in [-0.25, -0.2) is 4.98 Å². The average molecular weight is 490 g/mol. The molecule has 0 fully saturated rings. The summed E-state index contributed by atoms with van der Waals surface area (Å²) < 4.78 is 18.2. The molecule has 8 heteroatoms. The fraction of sp³-hybridized carbons (Fsp3) is 0.393. The van der Waals surface area contributed by atoms with E-state index in [1.165, 1.54) is 18.9 Å². The van der Waals surface area contributed by atoms with Crippen LogP contribution in [0.25, 0.3) is 21.9 Å². The standard InChI is InChI=1S/C28H31N3O5/c1-15-30-20-13-23(35-6)22(34-5)11-17(20)27(33)31(15)29-14-18-25-16-9-7-8-10-21(16)36-24(25)12-19(26(18)32)28(2,3)4/h11-14,32H,7-10H2,1-6H3/b29-14+. The third kappa shape index (κ3) is 3.81. The lowest BCUT2D eigenvalue weighted by molar-refractivity contribution is 0.355. The van der Waals surface area contributed by atoms with Crippen LogP contribution in [0.2, 0.25) is 0 Å². The highest BCUT2D eigenvalue weighted by molar-refractivity contribution is 6.04. The van der Waals surface area contributed by atoms with Crippen molar-refractivity contribution in [1.82, 2.24) is 9.66 Å². The third-order valence-electron chi connectivity index (χ3n) is 6.88. The lowest BCUT2D eigenvalue weighted by Crippen LogP contribution is -2.21. The van der Waals surface area contributed by atoms with Crippen LogP contribution < -0.4 is 15.0 Å². The number of phenols is 1. The quantitative estimate of drug-likeness (QED) is 0.394. The minimum absolute atomic E-state index is 0.152. The average Bonchev–Trinajstić information content (AvgIpc) is 3.21. The van der Waals surface area contributed by atoms with Crippen molar-refractivity contribution >= 4 is 28.1 Å². The van der Waals surface area contributed by atoms with Crippen LogP contribution in [0.1, 0.15) is 61.9 Å². The third-order valence-corrected chi connectivity index (χ3v) is 6.88. The lowest BCUT2D eigenvalue weighted by atomic mass is 9.83. The van der Waals surface area contributed by atoms with Crippen LogP contribution in [-0.4, -0.2) is 35.2 Å². The minimum Gasteiger partial charge on any atom is -0.507 e. The molecule has 5 rings (SSSR count). The normalized spacial score (nSPS) is 14.1. The molecule has 2 aromatic carbocycles. The summed E-state index contributed by atoms with van der Waals surface area (Å²) in [5.74, 6) is 2.46. The number of fused-ring (bicyclic) bond motifs is 4. The van der Waals surface area contributed by atoms with Crippen LogP contribution in [-0.2, 0) is 18.3 Å². The summed E-state index contributed by atoms with van der Waals surface area (Å²) in [6.45, 7) is 7.85. The Labute approximate surface area is 209 Å². The number of benzene rings is 2. The van der Waals surface area contributed by atoms with E-state index in [1.807, 2.05) is 26.8 Å². The summed E-state index contributed by atoms with van der Waals surface area (Å²) in [5, 5.41) is 17.1. The fourth-order valence-electron chi connectivity index (χ4n) is 5.01. The van der Waals surface area contributed by atoms with E-state index in [0.29, 0.717) is 33.8 Å². The first kappa shape index (κ1) is 23.9. The Bertz CT molecular complexity index is 1590. The first-order chi connectivity index (χ1) is 17.1. The topological polar surface area (TPSA) is 99.1 Å². The second kappa shape index (κ2) is 8.69. The van der Waals surface area contributed by atoms with Gasteiger partial charge in [-0.1, -0.05) is 20.8 Å². The molecule has 2 aromatic heterocycles. The highest BCUT2D eigenvalue weighted by Crippen LogP contribution is 2.42. The van der Waals surface area contributed by atoms with Gasteiger partial charge in [-0.05, 0) is 43.7 Å². The Balaban J connectivity index is 1.74. The fourth-order valence-corrected chi connectivity index (χ4v) is 5.01. The van der Waals surface area contributed by atoms with Crippen LogP contribution in [0.15, 0.2) is 32.5 Å². The van der Waals surface area contributed by atoms with Crippen molar-refractivity contribution in [2.45, 2.75) is 58.8 Å². The molecule has 0 atom stereocenters. The SMILES string of the molecule is COc1cc2nc(C)n(/N=C/c3c(O)c(C(C)(C)C)cc4oc5c(c34)CCCC5)c(=O)c2cc1OC. The van der Waals surface area contributed by atoms with Gasteiger partial charge in [-0.3, -0.25) is 4.79 Å². The maximum Gasteiger partial charge on any atom is 0.282 e. The molecule has 1 aliphatic rings. The Morgan fingerprint density at radius 1 is 1.11 bits per heavy atom. The summed E-state index contributed by atoms with van der Waals surface area (Å²) in [5.41, 5.74) is 3.01. The number of rotatable bonds is 4. The van der Waals surface area contributed by atoms with Crippen LogP contribution in [0.4, 0.5) is 0 Å². The molecule has 36 heavy (non-hydrogen) atoms. The monoisotopic (exact) mass is 489 g/mol. The van der Waals surface area contributed by atoms with Crippen molar-refractivity contribution in [3.63, 3.8) is 0 Å². The maximum atomic E-state index is 13.4. The van der Waals surface area contributed by atoms with E-state index in [2.05, 4.69) is 10.1 Å². The van der Waals surface area contributed by atoms with Gasteiger partial charge in [0.25, 0.3) is 5.56 Å². The second-order valence-corrected chi connectivity index (χ2v) is 10.3. The smallest absolute Gasteiger partial charge is 0.282 e. The van der Waals surface area contributed by atoms with Crippen molar-refractivity contribution in [3.8, 4) is 17.2 Å². The molecular formula is C28H31N3O5. The van der Waals surface area contributed by atoms with Crippen molar-refractivity contribution in [2.24, 2.45) is 5.10 Å². The molecule has 0 radical (unpaired) electrons. The molecule has 0 amide bonds. The molecule has 2 heterocycles. The predicted molar refractivity (Wildman–Crippen MR) is 140 cm³/mol. The van der Waals surface area contributed by atoms with Crippen molar-refractivity contribution in [2.75, 3.05) is 14.2 Å². The summed E-state index contributed by atoms with van der Waals surface area (Å²) in [6, 6.07) is 5.23. The van der Waals surface area contributed by atoms with E-state index >= 15 is 0 Å².